The van der Waals surface area contributed by atoms with Gasteiger partial charge in [0.05, 0.1) is 5.52 Å². The number of anilines is 1. The second kappa shape index (κ2) is 7.70. The molecule has 0 radical (unpaired) electrons. The van der Waals surface area contributed by atoms with Gasteiger partial charge in [0.2, 0.25) is 11.4 Å². The Balaban J connectivity index is 1.39. The SMILES string of the molecule is Cc1cc(COc2ccc(N3C(=O)CCC34C(=O)NC(=O)NC4=O)cc2)c2ccccc2n1. The molecule has 0 aliphatic carbocycles. The van der Waals surface area contributed by atoms with E-state index in [1.165, 1.54) is 0 Å². The summed E-state index contributed by atoms with van der Waals surface area (Å²) in [7, 11) is 0. The predicted molar refractivity (Wildman–Crippen MR) is 118 cm³/mol. The van der Waals surface area contributed by atoms with Crippen molar-refractivity contribution in [2.24, 2.45) is 0 Å². The van der Waals surface area contributed by atoms with Gasteiger partial charge in [0, 0.05) is 28.8 Å². The van der Waals surface area contributed by atoms with Crippen LogP contribution >= 0.6 is 0 Å². The fourth-order valence-corrected chi connectivity index (χ4v) is 4.43. The Morgan fingerprint density at radius 2 is 1.70 bits per heavy atom. The molecule has 0 atom stereocenters. The highest BCUT2D eigenvalue weighted by Gasteiger charge is 2.60. The number of imide groups is 2. The van der Waals surface area contributed by atoms with Crippen LogP contribution in [0.25, 0.3) is 10.9 Å². The van der Waals surface area contributed by atoms with E-state index in [-0.39, 0.29) is 18.7 Å². The molecule has 3 heterocycles. The van der Waals surface area contributed by atoms with E-state index in [0.717, 1.165) is 27.1 Å². The number of carbonyl (C=O) groups excluding carboxylic acids is 4. The monoisotopic (exact) mass is 444 g/mol. The molecule has 0 saturated carbocycles. The first-order chi connectivity index (χ1) is 15.9. The van der Waals surface area contributed by atoms with Crippen LogP contribution in [0.1, 0.15) is 24.1 Å². The molecule has 3 aromatic rings. The molecule has 2 N–H and O–H groups in total. The maximum Gasteiger partial charge on any atom is 0.328 e. The topological polar surface area (TPSA) is 118 Å². The first-order valence-corrected chi connectivity index (χ1v) is 10.5. The van der Waals surface area contributed by atoms with Crippen LogP contribution < -0.4 is 20.3 Å². The van der Waals surface area contributed by atoms with Crippen molar-refractivity contribution >= 4 is 40.3 Å². The molecule has 2 fully saturated rings. The highest BCUT2D eigenvalue weighted by Crippen LogP contribution is 2.37. The van der Waals surface area contributed by atoms with Crippen molar-refractivity contribution in [3.05, 3.63) is 65.9 Å². The van der Waals surface area contributed by atoms with Gasteiger partial charge in [-0.05, 0) is 49.7 Å². The summed E-state index contributed by atoms with van der Waals surface area (Å²) in [6, 6.07) is 15.5. The van der Waals surface area contributed by atoms with Gasteiger partial charge >= 0.3 is 6.03 Å². The van der Waals surface area contributed by atoms with Gasteiger partial charge in [-0.25, -0.2) is 4.79 Å². The van der Waals surface area contributed by atoms with E-state index in [2.05, 4.69) is 15.6 Å². The van der Waals surface area contributed by atoms with Gasteiger partial charge in [-0.2, -0.15) is 0 Å². The summed E-state index contributed by atoms with van der Waals surface area (Å²) < 4.78 is 5.96. The van der Waals surface area contributed by atoms with Crippen LogP contribution in [0, 0.1) is 6.92 Å². The fraction of sp³-hybridized carbons (Fsp3) is 0.208. The lowest BCUT2D eigenvalue weighted by molar-refractivity contribution is -0.138. The zero-order valence-electron chi connectivity index (χ0n) is 17.8. The second-order valence-corrected chi connectivity index (χ2v) is 8.05. The summed E-state index contributed by atoms with van der Waals surface area (Å²) in [6.45, 7) is 2.25. The van der Waals surface area contributed by atoms with E-state index < -0.39 is 23.4 Å². The first-order valence-electron chi connectivity index (χ1n) is 10.5. The maximum atomic E-state index is 12.6. The van der Waals surface area contributed by atoms with Crippen LogP contribution in [0.15, 0.2) is 54.6 Å². The number of aromatic nitrogens is 1. The van der Waals surface area contributed by atoms with Crippen molar-refractivity contribution in [3.63, 3.8) is 0 Å². The van der Waals surface area contributed by atoms with Crippen molar-refractivity contribution in [3.8, 4) is 5.75 Å². The molecule has 33 heavy (non-hydrogen) atoms. The number of rotatable bonds is 4. The largest absolute Gasteiger partial charge is 0.489 e. The average Bonchev–Trinajstić information content (AvgIpc) is 3.14. The summed E-state index contributed by atoms with van der Waals surface area (Å²) in [5.74, 6) is -1.42. The molecule has 1 spiro atoms. The summed E-state index contributed by atoms with van der Waals surface area (Å²) in [5.41, 5.74) is 1.38. The number of ether oxygens (including phenoxy) is 1. The number of hydrogen-bond acceptors (Lipinski definition) is 6. The van der Waals surface area contributed by atoms with Gasteiger partial charge in [-0.1, -0.05) is 18.2 Å². The van der Waals surface area contributed by atoms with Gasteiger partial charge in [-0.3, -0.25) is 34.9 Å². The number of nitrogens with zero attached hydrogens (tertiary/aromatic N) is 2. The quantitative estimate of drug-likeness (QED) is 0.597. The number of carbonyl (C=O) groups is 4. The van der Waals surface area contributed by atoms with E-state index in [4.69, 9.17) is 4.74 Å². The Hall–Kier alpha value is -4.27. The summed E-state index contributed by atoms with van der Waals surface area (Å²) in [6.07, 6.45) is 0.00521. The number of barbiturate groups is 1. The molecule has 2 aromatic carbocycles. The zero-order valence-corrected chi connectivity index (χ0v) is 17.8. The number of hydrogen-bond donors (Lipinski definition) is 2. The Bertz CT molecular complexity index is 1300. The van der Waals surface area contributed by atoms with Gasteiger partial charge in [0.25, 0.3) is 11.8 Å². The van der Waals surface area contributed by atoms with E-state index in [1.807, 2.05) is 37.3 Å². The van der Waals surface area contributed by atoms with Crippen LogP contribution in [-0.4, -0.2) is 34.3 Å². The lowest BCUT2D eigenvalue weighted by Crippen LogP contribution is -2.72. The molecule has 2 aliphatic rings. The molecule has 166 valence electrons. The molecule has 2 aliphatic heterocycles. The van der Waals surface area contributed by atoms with E-state index in [1.54, 1.807) is 24.3 Å². The Kier molecular flexibility index (Phi) is 4.81. The molecule has 5 rings (SSSR count). The van der Waals surface area contributed by atoms with E-state index in [9.17, 15) is 19.2 Å². The number of urea groups is 1. The molecular weight excluding hydrogens is 424 g/mol. The van der Waals surface area contributed by atoms with Crippen molar-refractivity contribution in [1.82, 2.24) is 15.6 Å². The third-order valence-electron chi connectivity index (χ3n) is 5.96. The first kappa shape index (κ1) is 20.6. The molecule has 0 bridgehead atoms. The second-order valence-electron chi connectivity index (χ2n) is 8.05. The van der Waals surface area contributed by atoms with E-state index >= 15 is 0 Å². The third kappa shape index (κ3) is 3.38. The highest BCUT2D eigenvalue weighted by atomic mass is 16.5. The van der Waals surface area contributed by atoms with Crippen LogP contribution in [0.3, 0.4) is 0 Å². The maximum absolute atomic E-state index is 12.6. The van der Waals surface area contributed by atoms with Gasteiger partial charge < -0.3 is 4.74 Å². The molecule has 9 heteroatoms. The number of pyridine rings is 1. The van der Waals surface area contributed by atoms with Crippen LogP contribution in [-0.2, 0) is 21.0 Å². The van der Waals surface area contributed by atoms with Crippen LogP contribution in [0.4, 0.5) is 10.5 Å². The average molecular weight is 444 g/mol. The lowest BCUT2D eigenvalue weighted by atomic mass is 9.91. The normalized spacial score (nSPS) is 17.4. The molecule has 9 nitrogen and oxygen atoms in total. The van der Waals surface area contributed by atoms with Crippen molar-refractivity contribution in [2.45, 2.75) is 31.9 Å². The number of benzene rings is 2. The smallest absolute Gasteiger partial charge is 0.328 e. The van der Waals surface area contributed by atoms with Gasteiger partial charge in [0.15, 0.2) is 0 Å². The van der Waals surface area contributed by atoms with Crippen molar-refractivity contribution in [1.29, 1.82) is 0 Å². The molecule has 1 aromatic heterocycles. The number of amides is 5. The molecule has 2 saturated heterocycles. The third-order valence-corrected chi connectivity index (χ3v) is 5.96. The summed E-state index contributed by atoms with van der Waals surface area (Å²) in [5, 5.41) is 5.20. The summed E-state index contributed by atoms with van der Waals surface area (Å²) >= 11 is 0. The van der Waals surface area contributed by atoms with Crippen LogP contribution in [0.2, 0.25) is 0 Å². The van der Waals surface area contributed by atoms with Crippen molar-refractivity contribution in [2.75, 3.05) is 4.90 Å². The Morgan fingerprint density at radius 3 is 2.42 bits per heavy atom. The lowest BCUT2D eigenvalue weighted by Gasteiger charge is -2.37. The number of nitrogens with one attached hydrogen (secondary N) is 2. The fourth-order valence-electron chi connectivity index (χ4n) is 4.43. The van der Waals surface area contributed by atoms with Crippen LogP contribution in [0.5, 0.6) is 5.75 Å². The predicted octanol–water partition coefficient (Wildman–Crippen LogP) is 2.35. The highest BCUT2D eigenvalue weighted by molar-refractivity contribution is 6.28. The number of fused-ring (bicyclic) bond motifs is 1. The summed E-state index contributed by atoms with van der Waals surface area (Å²) in [4.78, 5) is 55.0. The molecule has 0 unspecified atom stereocenters. The van der Waals surface area contributed by atoms with Gasteiger partial charge in [0.1, 0.15) is 12.4 Å². The Labute approximate surface area is 188 Å². The number of para-hydroxylation sites is 1. The minimum Gasteiger partial charge on any atom is -0.489 e. The van der Waals surface area contributed by atoms with Gasteiger partial charge in [-0.15, -0.1) is 0 Å². The zero-order chi connectivity index (χ0) is 23.2. The Morgan fingerprint density at radius 1 is 1.00 bits per heavy atom. The molecule has 5 amide bonds. The molecular formula is C24H20N4O5. The minimum atomic E-state index is -1.78. The number of aryl methyl sites for hydroxylation is 1. The van der Waals surface area contributed by atoms with Crippen molar-refractivity contribution < 1.29 is 23.9 Å². The van der Waals surface area contributed by atoms with E-state index in [0.29, 0.717) is 18.0 Å². The minimum absolute atomic E-state index is 0.0104. The standard InChI is InChI=1S/C24H20N4O5/c1-14-12-15(18-4-2-3-5-19(18)25-14)13-33-17-8-6-16(7-9-17)28-20(29)10-11-24(28)21(30)26-23(32)27-22(24)31/h2-9,12H,10-11,13H2,1H3,(H2,26,27,30,31,32).